The molecule has 0 spiro atoms. The molecule has 5 N–H and O–H groups in total. The molecule has 0 saturated carbocycles. The van der Waals surface area contributed by atoms with Crippen molar-refractivity contribution in [2.75, 3.05) is 12.3 Å². The van der Waals surface area contributed by atoms with Crippen molar-refractivity contribution in [2.45, 2.75) is 64.8 Å². The molecule has 0 aliphatic rings. The third kappa shape index (κ3) is 7.46. The van der Waals surface area contributed by atoms with E-state index in [1.54, 1.807) is 12.1 Å². The lowest BCUT2D eigenvalue weighted by Gasteiger charge is -2.25. The Morgan fingerprint density at radius 2 is 1.75 bits per heavy atom. The number of aliphatic hydroxyl groups is 1. The summed E-state index contributed by atoms with van der Waals surface area (Å²) in [5.41, 5.74) is 10.6. The van der Waals surface area contributed by atoms with Gasteiger partial charge in [-0.3, -0.25) is 4.79 Å². The molecule has 1 amide bonds. The summed E-state index contributed by atoms with van der Waals surface area (Å²) in [5.74, 6) is -1.85. The second kappa shape index (κ2) is 13.5. The molecule has 8 heteroatoms. The molecule has 4 aromatic rings. The molecule has 40 heavy (non-hydrogen) atoms. The summed E-state index contributed by atoms with van der Waals surface area (Å²) in [7, 11) is 0. The molecule has 1 aromatic heterocycles. The van der Waals surface area contributed by atoms with Gasteiger partial charge in [-0.25, -0.2) is 8.78 Å². The fourth-order valence-corrected chi connectivity index (χ4v) is 4.96. The van der Waals surface area contributed by atoms with Crippen molar-refractivity contribution in [3.05, 3.63) is 101 Å². The van der Waals surface area contributed by atoms with Crippen LogP contribution < -0.4 is 16.4 Å². The van der Waals surface area contributed by atoms with Gasteiger partial charge in [0.2, 0.25) is 0 Å². The number of carbonyl (C=O) groups excluding carboxylic acids is 1. The van der Waals surface area contributed by atoms with Crippen molar-refractivity contribution < 1.29 is 18.7 Å². The van der Waals surface area contributed by atoms with E-state index in [0.717, 1.165) is 48.3 Å². The number of halogens is 2. The summed E-state index contributed by atoms with van der Waals surface area (Å²) < 4.78 is 29.9. The summed E-state index contributed by atoms with van der Waals surface area (Å²) in [5, 5.41) is 18.1. The second-order valence-electron chi connectivity index (χ2n) is 10.3. The van der Waals surface area contributed by atoms with Gasteiger partial charge in [0.15, 0.2) is 0 Å². The van der Waals surface area contributed by atoms with Gasteiger partial charge in [0, 0.05) is 48.5 Å². The Kier molecular flexibility index (Phi) is 9.90. The average Bonchev–Trinajstić information content (AvgIpc) is 3.34. The number of benzene rings is 3. The number of nitrogen functional groups attached to an aromatic ring is 1. The summed E-state index contributed by atoms with van der Waals surface area (Å²) >= 11 is 0. The lowest BCUT2D eigenvalue weighted by atomic mass is 9.99. The normalized spacial score (nSPS) is 12.9. The van der Waals surface area contributed by atoms with Crippen molar-refractivity contribution >= 4 is 22.5 Å². The minimum Gasteiger partial charge on any atom is -0.398 e. The van der Waals surface area contributed by atoms with Crippen LogP contribution in [0.3, 0.4) is 0 Å². The zero-order chi connectivity index (χ0) is 28.6. The number of carbonyl (C=O) groups is 1. The summed E-state index contributed by atoms with van der Waals surface area (Å²) in [6, 6.07) is 15.9. The number of fused-ring (bicyclic) bond motifs is 1. The Morgan fingerprint density at radius 1 is 1.00 bits per heavy atom. The number of hydrogen-bond acceptors (Lipinski definition) is 4. The molecule has 0 saturated heterocycles. The largest absolute Gasteiger partial charge is 0.398 e. The van der Waals surface area contributed by atoms with Gasteiger partial charge in [-0.05, 0) is 66.3 Å². The lowest BCUT2D eigenvalue weighted by Crippen LogP contribution is -2.48. The molecule has 0 bridgehead atoms. The number of anilines is 1. The van der Waals surface area contributed by atoms with Crippen molar-refractivity contribution in [3.8, 4) is 0 Å². The van der Waals surface area contributed by atoms with E-state index in [1.165, 1.54) is 17.7 Å². The predicted molar refractivity (Wildman–Crippen MR) is 156 cm³/mol. The Labute approximate surface area is 234 Å². The Bertz CT molecular complexity index is 1430. The summed E-state index contributed by atoms with van der Waals surface area (Å²) in [6.45, 7) is 5.71. The van der Waals surface area contributed by atoms with Crippen LogP contribution in [0.4, 0.5) is 14.5 Å². The number of rotatable bonds is 13. The fourth-order valence-electron chi connectivity index (χ4n) is 4.96. The minimum atomic E-state index is -1.03. The standard InChI is InChI=1S/C32H38F2N4O2/c1-3-5-10-38-11-9-27-28(35)16-24(17-30(27)38)32(40)37-29(15-23-13-25(33)18-26(34)14-23)31(39)20-36-19-22-8-6-7-21(4-2)12-22/h6-9,11-14,16-18,29,31,36,39H,3-5,10,15,19-20,35H2,1-2H3,(H,37,40)/t29-,31-/m0/s1. The molecule has 0 fully saturated rings. The molecule has 4 rings (SSSR count). The average molecular weight is 549 g/mol. The first-order chi connectivity index (χ1) is 19.3. The Balaban J connectivity index is 1.53. The maximum atomic E-state index is 13.9. The van der Waals surface area contributed by atoms with Crippen LogP contribution in [0.1, 0.15) is 53.7 Å². The van der Waals surface area contributed by atoms with Crippen LogP contribution in [-0.4, -0.2) is 34.3 Å². The van der Waals surface area contributed by atoms with Crippen LogP contribution in [0.15, 0.2) is 66.9 Å². The smallest absolute Gasteiger partial charge is 0.251 e. The van der Waals surface area contributed by atoms with Crippen LogP contribution >= 0.6 is 0 Å². The van der Waals surface area contributed by atoms with Gasteiger partial charge >= 0.3 is 0 Å². The number of nitrogens with zero attached hydrogens (tertiary/aromatic N) is 1. The highest BCUT2D eigenvalue weighted by Crippen LogP contribution is 2.25. The van der Waals surface area contributed by atoms with E-state index < -0.39 is 29.7 Å². The molecular weight excluding hydrogens is 510 g/mol. The van der Waals surface area contributed by atoms with Crippen molar-refractivity contribution in [3.63, 3.8) is 0 Å². The molecule has 6 nitrogen and oxygen atoms in total. The second-order valence-corrected chi connectivity index (χ2v) is 10.3. The van der Waals surface area contributed by atoms with E-state index in [9.17, 15) is 18.7 Å². The topological polar surface area (TPSA) is 92.3 Å². The zero-order valence-electron chi connectivity index (χ0n) is 23.1. The van der Waals surface area contributed by atoms with Gasteiger partial charge < -0.3 is 26.0 Å². The van der Waals surface area contributed by atoms with E-state index in [2.05, 4.69) is 41.2 Å². The Morgan fingerprint density at radius 3 is 2.48 bits per heavy atom. The first kappa shape index (κ1) is 29.2. The third-order valence-electron chi connectivity index (χ3n) is 7.18. The number of nitrogens with two attached hydrogens (primary N) is 1. The molecular formula is C32H38F2N4O2. The first-order valence-corrected chi connectivity index (χ1v) is 13.9. The monoisotopic (exact) mass is 548 g/mol. The van der Waals surface area contributed by atoms with Crippen LogP contribution in [0.5, 0.6) is 0 Å². The maximum absolute atomic E-state index is 13.9. The molecule has 212 valence electrons. The number of hydrogen-bond donors (Lipinski definition) is 4. The van der Waals surface area contributed by atoms with Crippen molar-refractivity contribution in [1.29, 1.82) is 0 Å². The number of aryl methyl sites for hydroxylation is 2. The number of aromatic nitrogens is 1. The fraction of sp³-hybridized carbons (Fsp3) is 0.344. The van der Waals surface area contributed by atoms with E-state index in [1.807, 2.05) is 24.4 Å². The van der Waals surface area contributed by atoms with Crippen LogP contribution in [-0.2, 0) is 25.9 Å². The molecule has 2 atom stereocenters. The van der Waals surface area contributed by atoms with Crippen LogP contribution in [0.2, 0.25) is 0 Å². The minimum absolute atomic E-state index is 0.0409. The quantitative estimate of drug-likeness (QED) is 0.169. The van der Waals surface area contributed by atoms with Gasteiger partial charge in [-0.15, -0.1) is 0 Å². The van der Waals surface area contributed by atoms with Gasteiger partial charge in [0.1, 0.15) is 11.6 Å². The number of amides is 1. The molecule has 0 aliphatic heterocycles. The van der Waals surface area contributed by atoms with Crippen LogP contribution in [0, 0.1) is 11.6 Å². The SMILES string of the molecule is CCCCn1ccc2c(N)cc(C(=O)N[C@@H](Cc3cc(F)cc(F)c3)[C@@H](O)CNCc3cccc(CC)c3)cc21. The van der Waals surface area contributed by atoms with E-state index in [4.69, 9.17) is 5.73 Å². The number of aliphatic hydroxyl groups excluding tert-OH is 1. The van der Waals surface area contributed by atoms with E-state index in [-0.39, 0.29) is 13.0 Å². The van der Waals surface area contributed by atoms with Crippen molar-refractivity contribution in [1.82, 2.24) is 15.2 Å². The maximum Gasteiger partial charge on any atom is 0.251 e. The Hall–Kier alpha value is -3.75. The predicted octanol–water partition coefficient (Wildman–Crippen LogP) is 5.36. The molecule has 0 aliphatic carbocycles. The zero-order valence-corrected chi connectivity index (χ0v) is 23.1. The van der Waals surface area contributed by atoms with Gasteiger partial charge in [-0.2, -0.15) is 0 Å². The molecule has 0 radical (unpaired) electrons. The lowest BCUT2D eigenvalue weighted by molar-refractivity contribution is 0.0830. The molecule has 3 aromatic carbocycles. The van der Waals surface area contributed by atoms with Gasteiger partial charge in [-0.1, -0.05) is 44.5 Å². The molecule has 0 unspecified atom stereocenters. The highest BCUT2D eigenvalue weighted by molar-refractivity contribution is 6.02. The third-order valence-corrected chi connectivity index (χ3v) is 7.18. The van der Waals surface area contributed by atoms with E-state index >= 15 is 0 Å². The number of nitrogens with one attached hydrogen (secondary N) is 2. The van der Waals surface area contributed by atoms with Gasteiger partial charge in [0.05, 0.1) is 17.7 Å². The molecule has 1 heterocycles. The highest BCUT2D eigenvalue weighted by atomic mass is 19.1. The van der Waals surface area contributed by atoms with Crippen LogP contribution in [0.25, 0.3) is 10.9 Å². The van der Waals surface area contributed by atoms with Crippen molar-refractivity contribution in [2.24, 2.45) is 0 Å². The summed E-state index contributed by atoms with van der Waals surface area (Å²) in [6.07, 6.45) is 3.93. The number of unbranched alkanes of at least 4 members (excludes halogenated alkanes) is 1. The highest BCUT2D eigenvalue weighted by Gasteiger charge is 2.24. The summed E-state index contributed by atoms with van der Waals surface area (Å²) in [4.78, 5) is 13.4. The van der Waals surface area contributed by atoms with E-state index in [0.29, 0.717) is 23.4 Å². The first-order valence-electron chi connectivity index (χ1n) is 13.9. The van der Waals surface area contributed by atoms with Gasteiger partial charge in [0.25, 0.3) is 5.91 Å².